The zero-order chi connectivity index (χ0) is 23.4. The van der Waals surface area contributed by atoms with Crippen molar-refractivity contribution in [2.75, 3.05) is 13.7 Å². The lowest BCUT2D eigenvalue weighted by Crippen LogP contribution is -1.98. The number of rotatable bonds is 8. The van der Waals surface area contributed by atoms with Gasteiger partial charge in [-0.1, -0.05) is 41.9 Å². The number of hydrogen-bond donors (Lipinski definition) is 2. The number of aromatic nitrogens is 3. The van der Waals surface area contributed by atoms with Crippen LogP contribution >= 0.6 is 23.4 Å². The molecule has 0 radical (unpaired) electrons. The molecule has 0 saturated carbocycles. The first-order valence-electron chi connectivity index (χ1n) is 10.0. The molecule has 0 aliphatic rings. The summed E-state index contributed by atoms with van der Waals surface area (Å²) in [6, 6.07) is 16.5. The molecule has 3 aromatic carbocycles. The number of aliphatic carboxylic acids is 1. The highest BCUT2D eigenvalue weighted by Gasteiger charge is 2.17. The van der Waals surface area contributed by atoms with Gasteiger partial charge in [0.15, 0.2) is 5.82 Å². The number of nitrogens with one attached hydrogen (secondary N) is 1. The van der Waals surface area contributed by atoms with Crippen molar-refractivity contribution in [1.29, 1.82) is 0 Å². The van der Waals surface area contributed by atoms with Gasteiger partial charge in [-0.15, -0.1) is 5.10 Å². The SMILES string of the molecule is CCOc1ccc(/C=C(\Sc2n[nH]c(-c3cc(Cl)ccc3OC)n2)C(=O)O)c2ccccc12. The summed E-state index contributed by atoms with van der Waals surface area (Å²) in [7, 11) is 1.55. The summed E-state index contributed by atoms with van der Waals surface area (Å²) in [5, 5.41) is 19.4. The topological polar surface area (TPSA) is 97.3 Å². The molecule has 0 unspecified atom stereocenters. The molecule has 0 fully saturated rings. The van der Waals surface area contributed by atoms with Gasteiger partial charge in [0.2, 0.25) is 5.16 Å². The number of H-pyrrole nitrogens is 1. The van der Waals surface area contributed by atoms with Gasteiger partial charge in [-0.25, -0.2) is 9.78 Å². The molecule has 0 spiro atoms. The van der Waals surface area contributed by atoms with Crippen molar-refractivity contribution in [3.05, 3.63) is 70.1 Å². The molecule has 0 saturated heterocycles. The van der Waals surface area contributed by atoms with Gasteiger partial charge < -0.3 is 14.6 Å². The molecular weight excluding hydrogens is 462 g/mol. The fourth-order valence-corrected chi connectivity index (χ4v) is 4.22. The summed E-state index contributed by atoms with van der Waals surface area (Å²) in [4.78, 5) is 16.5. The fraction of sp³-hybridized carbons (Fsp3) is 0.125. The largest absolute Gasteiger partial charge is 0.496 e. The van der Waals surface area contributed by atoms with Gasteiger partial charge in [0.05, 0.1) is 19.3 Å². The minimum Gasteiger partial charge on any atom is -0.496 e. The second-order valence-electron chi connectivity index (χ2n) is 6.86. The van der Waals surface area contributed by atoms with Crippen LogP contribution in [0.25, 0.3) is 28.2 Å². The maximum absolute atomic E-state index is 12.0. The van der Waals surface area contributed by atoms with Gasteiger partial charge in [0, 0.05) is 10.4 Å². The number of nitrogens with zero attached hydrogens (tertiary/aromatic N) is 2. The summed E-state index contributed by atoms with van der Waals surface area (Å²) >= 11 is 7.06. The summed E-state index contributed by atoms with van der Waals surface area (Å²) in [5.41, 5.74) is 1.38. The van der Waals surface area contributed by atoms with Crippen molar-refractivity contribution >= 4 is 46.2 Å². The number of hydrogen-bond acceptors (Lipinski definition) is 6. The van der Waals surface area contributed by atoms with Gasteiger partial charge >= 0.3 is 5.97 Å². The lowest BCUT2D eigenvalue weighted by Gasteiger charge is -2.10. The Morgan fingerprint density at radius 1 is 1.15 bits per heavy atom. The molecule has 2 N–H and O–H groups in total. The average Bonchev–Trinajstić information content (AvgIpc) is 3.28. The summed E-state index contributed by atoms with van der Waals surface area (Å²) in [6.07, 6.45) is 1.61. The molecule has 9 heteroatoms. The Kier molecular flexibility index (Phi) is 6.86. The van der Waals surface area contributed by atoms with Crippen molar-refractivity contribution in [3.8, 4) is 22.9 Å². The second kappa shape index (κ2) is 9.97. The zero-order valence-corrected chi connectivity index (χ0v) is 19.4. The van der Waals surface area contributed by atoms with E-state index >= 15 is 0 Å². The van der Waals surface area contributed by atoms with E-state index in [9.17, 15) is 9.90 Å². The number of ether oxygens (including phenoxy) is 2. The Labute approximate surface area is 199 Å². The van der Waals surface area contributed by atoms with Gasteiger partial charge in [0.25, 0.3) is 0 Å². The molecule has 0 aliphatic carbocycles. The van der Waals surface area contributed by atoms with Crippen molar-refractivity contribution in [2.24, 2.45) is 0 Å². The van der Waals surface area contributed by atoms with E-state index in [-0.39, 0.29) is 10.1 Å². The minimum absolute atomic E-state index is 0.0768. The Balaban J connectivity index is 1.69. The monoisotopic (exact) mass is 481 g/mol. The third-order valence-corrected chi connectivity index (χ3v) is 5.91. The first kappa shape index (κ1) is 22.7. The number of carbonyl (C=O) groups is 1. The quantitative estimate of drug-likeness (QED) is 0.238. The van der Waals surface area contributed by atoms with Crippen LogP contribution in [0.4, 0.5) is 0 Å². The summed E-state index contributed by atoms with van der Waals surface area (Å²) in [6.45, 7) is 2.46. The normalized spacial score (nSPS) is 11.5. The van der Waals surface area contributed by atoms with Gasteiger partial charge in [-0.05, 0) is 60.0 Å². The van der Waals surface area contributed by atoms with Crippen LogP contribution in [0.3, 0.4) is 0 Å². The van der Waals surface area contributed by atoms with E-state index in [1.54, 1.807) is 31.4 Å². The number of methoxy groups -OCH3 is 1. The van der Waals surface area contributed by atoms with Crippen LogP contribution in [0.15, 0.2) is 64.7 Å². The van der Waals surface area contributed by atoms with E-state index in [2.05, 4.69) is 15.2 Å². The third-order valence-electron chi connectivity index (χ3n) is 4.80. The van der Waals surface area contributed by atoms with E-state index in [0.717, 1.165) is 33.8 Å². The van der Waals surface area contributed by atoms with E-state index in [0.29, 0.717) is 28.8 Å². The second-order valence-corrected chi connectivity index (χ2v) is 8.30. The smallest absolute Gasteiger partial charge is 0.342 e. The van der Waals surface area contributed by atoms with Gasteiger partial charge in [0.1, 0.15) is 16.4 Å². The molecule has 4 rings (SSSR count). The highest BCUT2D eigenvalue weighted by molar-refractivity contribution is 8.04. The molecule has 168 valence electrons. The van der Waals surface area contributed by atoms with E-state index in [1.165, 1.54) is 0 Å². The Morgan fingerprint density at radius 3 is 2.64 bits per heavy atom. The maximum atomic E-state index is 12.0. The highest BCUT2D eigenvalue weighted by atomic mass is 35.5. The summed E-state index contributed by atoms with van der Waals surface area (Å²) < 4.78 is 11.1. The van der Waals surface area contributed by atoms with Crippen LogP contribution in [0.5, 0.6) is 11.5 Å². The molecule has 0 atom stereocenters. The number of carboxylic acids is 1. The van der Waals surface area contributed by atoms with Crippen LogP contribution in [0.1, 0.15) is 12.5 Å². The lowest BCUT2D eigenvalue weighted by molar-refractivity contribution is -0.131. The zero-order valence-electron chi connectivity index (χ0n) is 17.8. The van der Waals surface area contributed by atoms with Crippen LogP contribution < -0.4 is 9.47 Å². The number of fused-ring (bicyclic) bond motifs is 1. The lowest BCUT2D eigenvalue weighted by atomic mass is 10.0. The number of benzene rings is 3. The van der Waals surface area contributed by atoms with E-state index < -0.39 is 5.97 Å². The molecular formula is C24H20ClN3O4S. The maximum Gasteiger partial charge on any atom is 0.342 e. The standard InChI is InChI=1S/C24H20ClN3O4S/c1-3-32-20-10-8-14(16-6-4-5-7-17(16)20)12-21(23(29)30)33-24-26-22(27-28-24)18-13-15(25)9-11-19(18)31-2/h4-13H,3H2,1-2H3,(H,29,30)(H,26,27,28)/b21-12-. The number of aromatic amines is 1. The Hall–Kier alpha value is -3.49. The molecule has 0 bridgehead atoms. The number of carboxylic acid groups (broad SMARTS) is 1. The van der Waals surface area contributed by atoms with Crippen LogP contribution in [0.2, 0.25) is 5.02 Å². The van der Waals surface area contributed by atoms with Crippen molar-refractivity contribution in [2.45, 2.75) is 12.1 Å². The Morgan fingerprint density at radius 2 is 1.91 bits per heavy atom. The fourth-order valence-electron chi connectivity index (χ4n) is 3.35. The van der Waals surface area contributed by atoms with Gasteiger partial charge in [-0.3, -0.25) is 5.10 Å². The molecule has 33 heavy (non-hydrogen) atoms. The first-order valence-corrected chi connectivity index (χ1v) is 11.2. The summed E-state index contributed by atoms with van der Waals surface area (Å²) in [5.74, 6) is 0.670. The predicted molar refractivity (Wildman–Crippen MR) is 130 cm³/mol. The number of halogens is 1. The van der Waals surface area contributed by atoms with Crippen LogP contribution in [-0.4, -0.2) is 40.0 Å². The molecule has 0 aliphatic heterocycles. The van der Waals surface area contributed by atoms with E-state index in [4.69, 9.17) is 21.1 Å². The molecule has 7 nitrogen and oxygen atoms in total. The van der Waals surface area contributed by atoms with Crippen molar-refractivity contribution in [1.82, 2.24) is 15.2 Å². The predicted octanol–water partition coefficient (Wildman–Crippen LogP) is 5.90. The third kappa shape index (κ3) is 4.97. The first-order chi connectivity index (χ1) is 16.0. The van der Waals surface area contributed by atoms with Gasteiger partial charge in [-0.2, -0.15) is 0 Å². The Bertz CT molecular complexity index is 1350. The van der Waals surface area contributed by atoms with Crippen LogP contribution in [0, 0.1) is 0 Å². The molecule has 4 aromatic rings. The molecule has 1 aromatic heterocycles. The van der Waals surface area contributed by atoms with Crippen molar-refractivity contribution < 1.29 is 19.4 Å². The highest BCUT2D eigenvalue weighted by Crippen LogP contribution is 2.34. The minimum atomic E-state index is -1.08. The average molecular weight is 482 g/mol. The molecule has 1 heterocycles. The number of thioether (sulfide) groups is 1. The van der Waals surface area contributed by atoms with Crippen molar-refractivity contribution in [3.63, 3.8) is 0 Å². The molecule has 0 amide bonds. The van der Waals surface area contributed by atoms with E-state index in [1.807, 2.05) is 43.3 Å². The van der Waals surface area contributed by atoms with Crippen LogP contribution in [-0.2, 0) is 4.79 Å².